The van der Waals surface area contributed by atoms with Crippen molar-refractivity contribution in [3.8, 4) is 0 Å². The lowest BCUT2D eigenvalue weighted by Gasteiger charge is -2.24. The van der Waals surface area contributed by atoms with Crippen LogP contribution in [-0.4, -0.2) is 44.6 Å². The number of nitrogens with one attached hydrogen (secondary N) is 1. The predicted molar refractivity (Wildman–Crippen MR) is 81.4 cm³/mol. The van der Waals surface area contributed by atoms with Crippen LogP contribution >= 0.6 is 0 Å². The summed E-state index contributed by atoms with van der Waals surface area (Å²) in [6.07, 6.45) is 3.41. The van der Waals surface area contributed by atoms with Crippen molar-refractivity contribution in [2.45, 2.75) is 25.8 Å². The Balaban J connectivity index is 1.90. The number of likely N-dealkylation sites (tertiary alicyclic amines) is 1. The summed E-state index contributed by atoms with van der Waals surface area (Å²) in [7, 11) is 1.82. The molecule has 1 fully saturated rings. The van der Waals surface area contributed by atoms with Gasteiger partial charge < -0.3 is 10.2 Å². The molecule has 7 heteroatoms. The van der Waals surface area contributed by atoms with Gasteiger partial charge in [0.1, 0.15) is 11.6 Å². The second-order valence-corrected chi connectivity index (χ2v) is 5.24. The van der Waals surface area contributed by atoms with E-state index >= 15 is 0 Å². The molecule has 22 heavy (non-hydrogen) atoms. The molecule has 1 saturated heterocycles. The van der Waals surface area contributed by atoms with Gasteiger partial charge in [-0.1, -0.05) is 0 Å². The van der Waals surface area contributed by atoms with Crippen molar-refractivity contribution in [2.75, 3.05) is 18.9 Å². The first-order valence-electron chi connectivity index (χ1n) is 7.31. The standard InChI is InChI=1S/C15H18N6O/c1-10-18-12(9-14(16-2)19-10)13-6-4-8-21(13)15(22)11-5-3-7-17-20-11/h3,5,7,9,13H,4,6,8H2,1-2H3,(H,16,18,19). The van der Waals surface area contributed by atoms with E-state index in [-0.39, 0.29) is 11.9 Å². The molecule has 114 valence electrons. The van der Waals surface area contributed by atoms with E-state index in [0.29, 0.717) is 18.1 Å². The number of aromatic nitrogens is 4. The third kappa shape index (κ3) is 2.74. The maximum atomic E-state index is 12.6. The number of carbonyl (C=O) groups is 1. The zero-order valence-electron chi connectivity index (χ0n) is 12.7. The SMILES string of the molecule is CNc1cc(C2CCCN2C(=O)c2cccnn2)nc(C)n1. The molecule has 0 bridgehead atoms. The van der Waals surface area contributed by atoms with Crippen molar-refractivity contribution < 1.29 is 4.79 Å². The Morgan fingerprint density at radius 2 is 2.27 bits per heavy atom. The lowest BCUT2D eigenvalue weighted by atomic mass is 10.1. The molecule has 3 heterocycles. The topological polar surface area (TPSA) is 83.9 Å². The van der Waals surface area contributed by atoms with Crippen molar-refractivity contribution in [1.82, 2.24) is 25.1 Å². The first-order chi connectivity index (χ1) is 10.7. The van der Waals surface area contributed by atoms with Gasteiger partial charge in [-0.05, 0) is 31.9 Å². The fourth-order valence-corrected chi connectivity index (χ4v) is 2.77. The Morgan fingerprint density at radius 3 is 3.00 bits per heavy atom. The Bertz CT molecular complexity index is 675. The minimum atomic E-state index is -0.0992. The third-order valence-electron chi connectivity index (χ3n) is 3.76. The molecule has 0 aliphatic carbocycles. The second kappa shape index (κ2) is 6.05. The quantitative estimate of drug-likeness (QED) is 0.926. The van der Waals surface area contributed by atoms with Crippen molar-refractivity contribution in [3.63, 3.8) is 0 Å². The van der Waals surface area contributed by atoms with E-state index in [1.54, 1.807) is 18.3 Å². The van der Waals surface area contributed by atoms with Gasteiger partial charge in [-0.25, -0.2) is 9.97 Å². The Kier molecular flexibility index (Phi) is 3.95. The van der Waals surface area contributed by atoms with Crippen LogP contribution in [0.25, 0.3) is 0 Å². The van der Waals surface area contributed by atoms with Gasteiger partial charge in [0.25, 0.3) is 5.91 Å². The molecule has 0 aromatic carbocycles. The first-order valence-corrected chi connectivity index (χ1v) is 7.31. The van der Waals surface area contributed by atoms with Gasteiger partial charge in [-0.3, -0.25) is 4.79 Å². The van der Waals surface area contributed by atoms with Gasteiger partial charge in [0.15, 0.2) is 5.69 Å². The molecule has 7 nitrogen and oxygen atoms in total. The van der Waals surface area contributed by atoms with Crippen LogP contribution in [0.5, 0.6) is 0 Å². The number of hydrogen-bond donors (Lipinski definition) is 1. The molecule has 0 radical (unpaired) electrons. The van der Waals surface area contributed by atoms with Gasteiger partial charge >= 0.3 is 0 Å². The first kappa shape index (κ1) is 14.4. The van der Waals surface area contributed by atoms with Crippen molar-refractivity contribution >= 4 is 11.7 Å². The minimum absolute atomic E-state index is 0.0386. The molecule has 1 N–H and O–H groups in total. The number of rotatable bonds is 3. The van der Waals surface area contributed by atoms with Crippen molar-refractivity contribution in [2.24, 2.45) is 0 Å². The highest BCUT2D eigenvalue weighted by Gasteiger charge is 2.32. The summed E-state index contributed by atoms with van der Waals surface area (Å²) in [5.41, 5.74) is 1.24. The van der Waals surface area contributed by atoms with Crippen molar-refractivity contribution in [3.05, 3.63) is 41.6 Å². The highest BCUT2D eigenvalue weighted by atomic mass is 16.2. The molecule has 1 atom stereocenters. The van der Waals surface area contributed by atoms with Crippen LogP contribution in [0.3, 0.4) is 0 Å². The van der Waals surface area contributed by atoms with E-state index in [9.17, 15) is 4.79 Å². The van der Waals surface area contributed by atoms with Crippen LogP contribution < -0.4 is 5.32 Å². The van der Waals surface area contributed by atoms with Crippen LogP contribution in [-0.2, 0) is 0 Å². The molecule has 1 amide bonds. The van der Waals surface area contributed by atoms with Crippen LogP contribution in [0.4, 0.5) is 5.82 Å². The van der Waals surface area contributed by atoms with Crippen LogP contribution in [0, 0.1) is 6.92 Å². The van der Waals surface area contributed by atoms with Gasteiger partial charge in [0.2, 0.25) is 0 Å². The normalized spacial score (nSPS) is 17.5. The maximum Gasteiger partial charge on any atom is 0.274 e. The largest absolute Gasteiger partial charge is 0.373 e. The van der Waals surface area contributed by atoms with E-state index in [1.165, 1.54) is 0 Å². The number of aryl methyl sites for hydroxylation is 1. The predicted octanol–water partition coefficient (Wildman–Crippen LogP) is 1.59. The lowest BCUT2D eigenvalue weighted by molar-refractivity contribution is 0.0725. The summed E-state index contributed by atoms with van der Waals surface area (Å²) >= 11 is 0. The molecular formula is C15H18N6O. The molecule has 2 aromatic rings. The summed E-state index contributed by atoms with van der Waals surface area (Å²) in [5.74, 6) is 1.36. The van der Waals surface area contributed by atoms with E-state index in [1.807, 2.05) is 24.9 Å². The highest BCUT2D eigenvalue weighted by molar-refractivity contribution is 5.92. The average molecular weight is 298 g/mol. The third-order valence-corrected chi connectivity index (χ3v) is 3.76. The summed E-state index contributed by atoms with van der Waals surface area (Å²) in [5, 5.41) is 10.7. The molecule has 1 aliphatic heterocycles. The fraction of sp³-hybridized carbons (Fsp3) is 0.400. The number of hydrogen-bond acceptors (Lipinski definition) is 6. The number of anilines is 1. The summed E-state index contributed by atoms with van der Waals surface area (Å²) in [6.45, 7) is 2.56. The zero-order valence-corrected chi connectivity index (χ0v) is 12.7. The van der Waals surface area contributed by atoms with E-state index in [0.717, 1.165) is 24.4 Å². The number of amides is 1. The van der Waals surface area contributed by atoms with E-state index in [4.69, 9.17) is 0 Å². The molecule has 3 rings (SSSR count). The Labute approximate surface area is 128 Å². The molecule has 2 aromatic heterocycles. The molecular weight excluding hydrogens is 280 g/mol. The van der Waals surface area contributed by atoms with Crippen LogP contribution in [0.15, 0.2) is 24.4 Å². The molecule has 0 spiro atoms. The van der Waals surface area contributed by atoms with Gasteiger partial charge in [-0.15, -0.1) is 5.10 Å². The minimum Gasteiger partial charge on any atom is -0.373 e. The Morgan fingerprint density at radius 1 is 1.41 bits per heavy atom. The van der Waals surface area contributed by atoms with Crippen LogP contribution in [0.1, 0.15) is 40.9 Å². The smallest absolute Gasteiger partial charge is 0.274 e. The van der Waals surface area contributed by atoms with E-state index < -0.39 is 0 Å². The number of nitrogens with zero attached hydrogens (tertiary/aromatic N) is 5. The highest BCUT2D eigenvalue weighted by Crippen LogP contribution is 2.32. The lowest BCUT2D eigenvalue weighted by Crippen LogP contribution is -2.32. The Hall–Kier alpha value is -2.57. The van der Waals surface area contributed by atoms with Crippen LogP contribution in [0.2, 0.25) is 0 Å². The molecule has 1 aliphatic rings. The summed E-state index contributed by atoms with van der Waals surface area (Å²) in [6, 6.07) is 5.28. The number of carbonyl (C=O) groups excluding carboxylic acids is 1. The average Bonchev–Trinajstić information content (AvgIpc) is 3.04. The fourth-order valence-electron chi connectivity index (χ4n) is 2.77. The van der Waals surface area contributed by atoms with Gasteiger partial charge in [-0.2, -0.15) is 5.10 Å². The molecule has 0 saturated carbocycles. The van der Waals surface area contributed by atoms with E-state index in [2.05, 4.69) is 25.5 Å². The van der Waals surface area contributed by atoms with Gasteiger partial charge in [0, 0.05) is 25.9 Å². The summed E-state index contributed by atoms with van der Waals surface area (Å²) in [4.78, 5) is 23.3. The maximum absolute atomic E-state index is 12.6. The van der Waals surface area contributed by atoms with Crippen molar-refractivity contribution in [1.29, 1.82) is 0 Å². The summed E-state index contributed by atoms with van der Waals surface area (Å²) < 4.78 is 0. The monoisotopic (exact) mass is 298 g/mol. The second-order valence-electron chi connectivity index (χ2n) is 5.24. The molecule has 1 unspecified atom stereocenters. The van der Waals surface area contributed by atoms with Gasteiger partial charge in [0.05, 0.1) is 11.7 Å². The zero-order chi connectivity index (χ0) is 15.5.